The molecule has 0 saturated heterocycles. The first-order valence-corrected chi connectivity index (χ1v) is 4.00. The summed E-state index contributed by atoms with van der Waals surface area (Å²) < 4.78 is 0. The van der Waals surface area contributed by atoms with Crippen molar-refractivity contribution in [3.8, 4) is 0 Å². The molecule has 0 radical (unpaired) electrons. The quantitative estimate of drug-likeness (QED) is 0.499. The summed E-state index contributed by atoms with van der Waals surface area (Å²) >= 11 is 0. The standard InChI is InChI=1S/C10H8O2/c11-9-5-6-10(12)8-4-2-1-3-7(8)9/h1,5-6,8H,2,4H2. The van der Waals surface area contributed by atoms with Gasteiger partial charge in [-0.1, -0.05) is 0 Å². The lowest BCUT2D eigenvalue weighted by molar-refractivity contribution is -0.121. The van der Waals surface area contributed by atoms with Crippen LogP contribution in [0.1, 0.15) is 12.8 Å². The van der Waals surface area contributed by atoms with Gasteiger partial charge in [-0.3, -0.25) is 9.59 Å². The van der Waals surface area contributed by atoms with E-state index in [9.17, 15) is 9.59 Å². The van der Waals surface area contributed by atoms with Crippen LogP contribution in [0.4, 0.5) is 0 Å². The largest absolute Gasteiger partial charge is 0.294 e. The summed E-state index contributed by atoms with van der Waals surface area (Å²) in [6.07, 6.45) is 6.15. The molecular weight excluding hydrogens is 152 g/mol. The van der Waals surface area contributed by atoms with Crippen molar-refractivity contribution >= 4 is 11.6 Å². The van der Waals surface area contributed by atoms with E-state index in [2.05, 4.69) is 5.73 Å². The van der Waals surface area contributed by atoms with E-state index in [0.29, 0.717) is 5.57 Å². The van der Waals surface area contributed by atoms with E-state index in [1.807, 2.05) is 6.08 Å². The Morgan fingerprint density at radius 1 is 1.33 bits per heavy atom. The maximum atomic E-state index is 11.3. The molecule has 1 unspecified atom stereocenters. The zero-order chi connectivity index (χ0) is 8.55. The van der Waals surface area contributed by atoms with Crippen LogP contribution in [0.5, 0.6) is 0 Å². The number of hydrogen-bond acceptors (Lipinski definition) is 2. The van der Waals surface area contributed by atoms with Crippen molar-refractivity contribution in [2.24, 2.45) is 5.92 Å². The van der Waals surface area contributed by atoms with Gasteiger partial charge in [-0.05, 0) is 31.1 Å². The minimum absolute atomic E-state index is 0.0465. The monoisotopic (exact) mass is 160 g/mol. The van der Waals surface area contributed by atoms with Crippen LogP contribution in [0.2, 0.25) is 0 Å². The fraction of sp³-hybridized carbons (Fsp3) is 0.300. The highest BCUT2D eigenvalue weighted by Gasteiger charge is 2.29. The molecule has 0 aliphatic heterocycles. The Bertz CT molecular complexity index is 341. The van der Waals surface area contributed by atoms with Gasteiger partial charge in [0.2, 0.25) is 0 Å². The number of hydrogen-bond donors (Lipinski definition) is 0. The first-order chi connectivity index (χ1) is 5.79. The number of ketones is 2. The van der Waals surface area contributed by atoms with Crippen LogP contribution < -0.4 is 0 Å². The molecule has 2 heteroatoms. The van der Waals surface area contributed by atoms with Crippen molar-refractivity contribution in [3.63, 3.8) is 0 Å². The molecule has 2 nitrogen and oxygen atoms in total. The van der Waals surface area contributed by atoms with Crippen LogP contribution >= 0.6 is 0 Å². The SMILES string of the molecule is O=C1C=CC(=O)C2CCC=C=C12. The zero-order valence-corrected chi connectivity index (χ0v) is 6.54. The lowest BCUT2D eigenvalue weighted by Crippen LogP contribution is -2.24. The number of allylic oxidation sites excluding steroid dienone is 3. The smallest absolute Gasteiger partial charge is 0.190 e. The summed E-state index contributed by atoms with van der Waals surface area (Å²) in [6.45, 7) is 0. The van der Waals surface area contributed by atoms with E-state index in [1.54, 1.807) is 0 Å². The number of fused-ring (bicyclic) bond motifs is 1. The molecule has 0 N–H and O–H groups in total. The molecule has 12 heavy (non-hydrogen) atoms. The van der Waals surface area contributed by atoms with E-state index >= 15 is 0 Å². The molecular formula is C10H8O2. The summed E-state index contributed by atoms with van der Waals surface area (Å²) in [6, 6.07) is 0. The summed E-state index contributed by atoms with van der Waals surface area (Å²) in [5.41, 5.74) is 3.42. The van der Waals surface area contributed by atoms with Crippen LogP contribution in [0.25, 0.3) is 0 Å². The Labute approximate surface area is 70.3 Å². The number of rotatable bonds is 0. The second kappa shape index (κ2) is 2.58. The Kier molecular flexibility index (Phi) is 1.56. The summed E-state index contributed by atoms with van der Waals surface area (Å²) in [5.74, 6) is -0.215. The molecule has 0 bridgehead atoms. The van der Waals surface area contributed by atoms with Gasteiger partial charge in [0.15, 0.2) is 11.6 Å². The van der Waals surface area contributed by atoms with E-state index in [1.165, 1.54) is 12.2 Å². The van der Waals surface area contributed by atoms with Crippen LogP contribution in [0, 0.1) is 5.92 Å². The van der Waals surface area contributed by atoms with E-state index in [4.69, 9.17) is 0 Å². The third-order valence-electron chi connectivity index (χ3n) is 2.21. The summed E-state index contributed by atoms with van der Waals surface area (Å²) in [4.78, 5) is 22.5. The van der Waals surface area contributed by atoms with Gasteiger partial charge in [0.1, 0.15) is 0 Å². The predicted octanol–water partition coefficient (Wildman–Crippen LogP) is 1.19. The second-order valence-electron chi connectivity index (χ2n) is 2.99. The molecule has 2 rings (SSSR count). The minimum atomic E-state index is -0.201. The molecule has 2 aliphatic carbocycles. The molecule has 0 saturated carbocycles. The van der Waals surface area contributed by atoms with Crippen molar-refractivity contribution in [2.45, 2.75) is 12.8 Å². The van der Waals surface area contributed by atoms with Gasteiger partial charge in [0, 0.05) is 0 Å². The van der Waals surface area contributed by atoms with Crippen molar-refractivity contribution in [2.75, 3.05) is 0 Å². The Morgan fingerprint density at radius 3 is 2.92 bits per heavy atom. The van der Waals surface area contributed by atoms with Crippen molar-refractivity contribution in [3.05, 3.63) is 29.5 Å². The molecule has 0 aromatic heterocycles. The highest BCUT2D eigenvalue weighted by molar-refractivity contribution is 6.16. The molecule has 0 amide bonds. The summed E-state index contributed by atoms with van der Waals surface area (Å²) in [5, 5.41) is 0. The highest BCUT2D eigenvalue weighted by atomic mass is 16.1. The maximum absolute atomic E-state index is 11.3. The molecule has 2 aliphatic rings. The summed E-state index contributed by atoms with van der Waals surface area (Å²) in [7, 11) is 0. The maximum Gasteiger partial charge on any atom is 0.190 e. The average Bonchev–Trinajstić information content (AvgIpc) is 2.12. The van der Waals surface area contributed by atoms with Gasteiger partial charge in [-0.25, -0.2) is 0 Å². The predicted molar refractivity (Wildman–Crippen MR) is 43.5 cm³/mol. The topological polar surface area (TPSA) is 34.1 Å². The van der Waals surface area contributed by atoms with Gasteiger partial charge < -0.3 is 0 Å². The molecule has 0 fully saturated rings. The van der Waals surface area contributed by atoms with Crippen LogP contribution in [0.3, 0.4) is 0 Å². The van der Waals surface area contributed by atoms with Gasteiger partial charge in [0.25, 0.3) is 0 Å². The lowest BCUT2D eigenvalue weighted by Gasteiger charge is -2.18. The van der Waals surface area contributed by atoms with Gasteiger partial charge in [-0.15, -0.1) is 5.73 Å². The van der Waals surface area contributed by atoms with Crippen LogP contribution in [0.15, 0.2) is 29.5 Å². The third-order valence-corrected chi connectivity index (χ3v) is 2.21. The second-order valence-corrected chi connectivity index (χ2v) is 2.99. The first kappa shape index (κ1) is 7.26. The van der Waals surface area contributed by atoms with Gasteiger partial charge in [-0.2, -0.15) is 0 Å². The van der Waals surface area contributed by atoms with Gasteiger partial charge in [0.05, 0.1) is 11.5 Å². The fourth-order valence-corrected chi connectivity index (χ4v) is 1.57. The normalized spacial score (nSPS) is 27.0. The lowest BCUT2D eigenvalue weighted by atomic mass is 9.82. The Hall–Kier alpha value is -1.40. The third kappa shape index (κ3) is 0.973. The van der Waals surface area contributed by atoms with Crippen LogP contribution in [-0.2, 0) is 9.59 Å². The van der Waals surface area contributed by atoms with E-state index in [-0.39, 0.29) is 17.5 Å². The molecule has 1 atom stereocenters. The highest BCUT2D eigenvalue weighted by Crippen LogP contribution is 2.26. The zero-order valence-electron chi connectivity index (χ0n) is 6.54. The molecule has 0 heterocycles. The Balaban J connectivity index is 2.53. The molecule has 60 valence electrons. The minimum Gasteiger partial charge on any atom is -0.294 e. The fourth-order valence-electron chi connectivity index (χ4n) is 1.57. The van der Waals surface area contributed by atoms with Gasteiger partial charge >= 0.3 is 0 Å². The molecule has 0 spiro atoms. The number of carbonyl (C=O) groups is 2. The Morgan fingerprint density at radius 2 is 2.17 bits per heavy atom. The number of carbonyl (C=O) groups excluding carboxylic acids is 2. The van der Waals surface area contributed by atoms with E-state index in [0.717, 1.165) is 12.8 Å². The average molecular weight is 160 g/mol. The van der Waals surface area contributed by atoms with Crippen molar-refractivity contribution < 1.29 is 9.59 Å². The molecule has 0 aromatic rings. The van der Waals surface area contributed by atoms with Crippen molar-refractivity contribution in [1.29, 1.82) is 0 Å². The first-order valence-electron chi connectivity index (χ1n) is 4.00. The van der Waals surface area contributed by atoms with E-state index < -0.39 is 0 Å². The van der Waals surface area contributed by atoms with Crippen molar-refractivity contribution in [1.82, 2.24) is 0 Å². The van der Waals surface area contributed by atoms with Crippen LogP contribution in [-0.4, -0.2) is 11.6 Å². The molecule has 0 aromatic carbocycles.